The number of benzene rings is 2. The van der Waals surface area contributed by atoms with Crippen LogP contribution >= 0.6 is 0 Å². The molecule has 1 fully saturated rings. The zero-order valence-corrected chi connectivity index (χ0v) is 23.2. The predicted octanol–water partition coefficient (Wildman–Crippen LogP) is 4.58. The molecule has 0 unspecified atom stereocenters. The number of fused-ring (bicyclic) bond motifs is 1. The summed E-state index contributed by atoms with van der Waals surface area (Å²) in [7, 11) is -1.87. The first-order valence-corrected chi connectivity index (χ1v) is 14.3. The highest BCUT2D eigenvalue weighted by Gasteiger charge is 2.25. The van der Waals surface area contributed by atoms with Crippen molar-refractivity contribution in [2.45, 2.75) is 31.7 Å². The first-order valence-electron chi connectivity index (χ1n) is 12.9. The lowest BCUT2D eigenvalue weighted by molar-refractivity contribution is 0.0981. The monoisotopic (exact) mass is 542 g/mol. The molecule has 0 radical (unpaired) electrons. The average molecular weight is 543 g/mol. The number of ether oxygens (including phenoxy) is 1. The van der Waals surface area contributed by atoms with Crippen molar-refractivity contribution in [3.8, 4) is 22.6 Å². The third-order valence-corrected chi connectivity index (χ3v) is 8.96. The van der Waals surface area contributed by atoms with Gasteiger partial charge >= 0.3 is 0 Å². The molecule has 6 rings (SSSR count). The smallest absolute Gasteiger partial charge is 0.268 e. The summed E-state index contributed by atoms with van der Waals surface area (Å²) < 4.78 is 35.9. The number of aryl methyl sites for hydroxylation is 3. The molecule has 3 aromatic heterocycles. The molecule has 1 atom stereocenters. The Bertz CT molecular complexity index is 1770. The molecule has 2 aromatic carbocycles. The highest BCUT2D eigenvalue weighted by atomic mass is 32.2. The molecular weight excluding hydrogens is 512 g/mol. The first-order chi connectivity index (χ1) is 18.7. The SMILES string of the molecule is Cc1ccc(S(=O)(=O)n2ccc3c(-c4cc(-c5c(C)cnn5C)nc(N5CCOC[C@H]5C)n4)cccc32)cc1. The summed E-state index contributed by atoms with van der Waals surface area (Å²) in [5, 5.41) is 5.21. The Labute approximate surface area is 227 Å². The van der Waals surface area contributed by atoms with E-state index in [0.717, 1.165) is 33.5 Å². The van der Waals surface area contributed by atoms with E-state index in [4.69, 9.17) is 14.7 Å². The number of rotatable bonds is 5. The fourth-order valence-electron chi connectivity index (χ4n) is 5.16. The van der Waals surface area contributed by atoms with Gasteiger partial charge in [0.25, 0.3) is 10.0 Å². The lowest BCUT2D eigenvalue weighted by Gasteiger charge is -2.33. The van der Waals surface area contributed by atoms with E-state index in [1.54, 1.807) is 30.5 Å². The van der Waals surface area contributed by atoms with Gasteiger partial charge in [-0.15, -0.1) is 0 Å². The predicted molar refractivity (Wildman–Crippen MR) is 151 cm³/mol. The van der Waals surface area contributed by atoms with Crippen molar-refractivity contribution in [2.24, 2.45) is 7.05 Å². The van der Waals surface area contributed by atoms with Gasteiger partial charge in [0.2, 0.25) is 5.95 Å². The summed E-state index contributed by atoms with van der Waals surface area (Å²) in [5.41, 5.74) is 5.81. The maximum absolute atomic E-state index is 13.6. The number of aromatic nitrogens is 5. The van der Waals surface area contributed by atoms with Crippen molar-refractivity contribution in [1.29, 1.82) is 0 Å². The van der Waals surface area contributed by atoms with E-state index in [0.29, 0.717) is 36.9 Å². The number of hydrogen-bond acceptors (Lipinski definition) is 7. The highest BCUT2D eigenvalue weighted by molar-refractivity contribution is 7.90. The van der Waals surface area contributed by atoms with E-state index in [2.05, 4.69) is 16.9 Å². The Morgan fingerprint density at radius 1 is 1.00 bits per heavy atom. The molecule has 4 heterocycles. The van der Waals surface area contributed by atoms with Gasteiger partial charge < -0.3 is 9.64 Å². The number of anilines is 1. The van der Waals surface area contributed by atoms with Crippen LogP contribution in [-0.2, 0) is 21.8 Å². The van der Waals surface area contributed by atoms with Crippen LogP contribution in [0.15, 0.2) is 71.9 Å². The Morgan fingerprint density at radius 2 is 1.77 bits per heavy atom. The fourth-order valence-corrected chi connectivity index (χ4v) is 6.51. The summed E-state index contributed by atoms with van der Waals surface area (Å²) >= 11 is 0. The third kappa shape index (κ3) is 4.39. The van der Waals surface area contributed by atoms with Crippen LogP contribution < -0.4 is 4.90 Å². The zero-order valence-electron chi connectivity index (χ0n) is 22.4. The molecule has 0 bridgehead atoms. The number of morpholine rings is 1. The van der Waals surface area contributed by atoms with E-state index in [9.17, 15) is 8.42 Å². The lowest BCUT2D eigenvalue weighted by atomic mass is 10.1. The molecule has 5 aromatic rings. The van der Waals surface area contributed by atoms with Gasteiger partial charge in [0.1, 0.15) is 0 Å². The maximum Gasteiger partial charge on any atom is 0.268 e. The van der Waals surface area contributed by atoms with E-state index in [1.807, 2.05) is 62.1 Å². The van der Waals surface area contributed by atoms with Crippen molar-refractivity contribution in [3.63, 3.8) is 0 Å². The van der Waals surface area contributed by atoms with Crippen molar-refractivity contribution >= 4 is 26.9 Å². The number of hydrogen-bond donors (Lipinski definition) is 0. The molecule has 200 valence electrons. The van der Waals surface area contributed by atoms with Crippen molar-refractivity contribution in [3.05, 3.63) is 78.1 Å². The second-order valence-electron chi connectivity index (χ2n) is 10.0. The second kappa shape index (κ2) is 9.62. The van der Waals surface area contributed by atoms with Crippen LogP contribution in [-0.4, -0.2) is 57.9 Å². The van der Waals surface area contributed by atoms with Gasteiger partial charge in [0.05, 0.1) is 52.9 Å². The largest absolute Gasteiger partial charge is 0.377 e. The van der Waals surface area contributed by atoms with Crippen LogP contribution in [0.2, 0.25) is 0 Å². The molecule has 0 aliphatic carbocycles. The van der Waals surface area contributed by atoms with E-state index >= 15 is 0 Å². The molecule has 0 amide bonds. The Morgan fingerprint density at radius 3 is 2.49 bits per heavy atom. The van der Waals surface area contributed by atoms with Gasteiger partial charge in [-0.1, -0.05) is 29.8 Å². The van der Waals surface area contributed by atoms with Crippen LogP contribution in [0.1, 0.15) is 18.1 Å². The van der Waals surface area contributed by atoms with E-state index < -0.39 is 10.0 Å². The highest BCUT2D eigenvalue weighted by Crippen LogP contribution is 2.34. The van der Waals surface area contributed by atoms with Crippen molar-refractivity contribution < 1.29 is 13.2 Å². The summed E-state index contributed by atoms with van der Waals surface area (Å²) in [4.78, 5) is 12.4. The van der Waals surface area contributed by atoms with Gasteiger partial charge in [-0.05, 0) is 56.7 Å². The molecule has 1 aliphatic rings. The molecule has 9 nitrogen and oxygen atoms in total. The standard InChI is InChI=1S/C29H30N6O3S/c1-19-8-10-22(11-9-19)39(36,37)35-13-12-24-23(6-5-7-27(24)35)25-16-26(28-20(2)17-30-33(28)4)32-29(31-25)34-14-15-38-18-21(34)3/h5-13,16-17,21H,14-15,18H2,1-4H3/t21-/m1/s1. The maximum atomic E-state index is 13.6. The summed E-state index contributed by atoms with van der Waals surface area (Å²) in [6.45, 7) is 7.93. The first kappa shape index (κ1) is 25.3. The summed E-state index contributed by atoms with van der Waals surface area (Å²) in [5.74, 6) is 0.614. The van der Waals surface area contributed by atoms with E-state index in [-0.39, 0.29) is 10.9 Å². The lowest BCUT2D eigenvalue weighted by Crippen LogP contribution is -2.44. The fraction of sp³-hybridized carbons (Fsp3) is 0.276. The third-order valence-electron chi connectivity index (χ3n) is 7.25. The average Bonchev–Trinajstić information content (AvgIpc) is 3.52. The molecular formula is C29H30N6O3S. The quantitative estimate of drug-likeness (QED) is 0.321. The number of nitrogens with zero attached hydrogens (tertiary/aromatic N) is 6. The topological polar surface area (TPSA) is 95.1 Å². The molecule has 39 heavy (non-hydrogen) atoms. The zero-order chi connectivity index (χ0) is 27.3. The van der Waals surface area contributed by atoms with Gasteiger partial charge in [0, 0.05) is 30.7 Å². The molecule has 0 spiro atoms. The van der Waals surface area contributed by atoms with Crippen LogP contribution in [0, 0.1) is 13.8 Å². The minimum absolute atomic E-state index is 0.117. The Balaban J connectivity index is 1.53. The van der Waals surface area contributed by atoms with Crippen LogP contribution in [0.5, 0.6) is 0 Å². The van der Waals surface area contributed by atoms with E-state index in [1.165, 1.54) is 3.97 Å². The van der Waals surface area contributed by atoms with Crippen LogP contribution in [0.25, 0.3) is 33.5 Å². The Kier molecular flexibility index (Phi) is 6.23. The molecule has 1 saturated heterocycles. The van der Waals surface area contributed by atoms with Crippen LogP contribution in [0.4, 0.5) is 5.95 Å². The summed E-state index contributed by atoms with van der Waals surface area (Å²) in [6, 6.07) is 16.5. The molecule has 0 saturated carbocycles. The normalized spacial score (nSPS) is 16.2. The van der Waals surface area contributed by atoms with Gasteiger partial charge in [-0.2, -0.15) is 5.10 Å². The van der Waals surface area contributed by atoms with Gasteiger partial charge in [0.15, 0.2) is 0 Å². The second-order valence-corrected chi connectivity index (χ2v) is 11.8. The van der Waals surface area contributed by atoms with Gasteiger partial charge in [-0.25, -0.2) is 22.4 Å². The minimum atomic E-state index is -3.78. The van der Waals surface area contributed by atoms with Gasteiger partial charge in [-0.3, -0.25) is 4.68 Å². The van der Waals surface area contributed by atoms with Crippen molar-refractivity contribution in [1.82, 2.24) is 23.7 Å². The minimum Gasteiger partial charge on any atom is -0.377 e. The molecule has 0 N–H and O–H groups in total. The Hall–Kier alpha value is -4.02. The van der Waals surface area contributed by atoms with Crippen molar-refractivity contribution in [2.75, 3.05) is 24.7 Å². The van der Waals surface area contributed by atoms with Crippen LogP contribution in [0.3, 0.4) is 0 Å². The molecule has 1 aliphatic heterocycles. The molecule has 10 heteroatoms. The summed E-state index contributed by atoms with van der Waals surface area (Å²) in [6.07, 6.45) is 3.44.